The third-order valence-corrected chi connectivity index (χ3v) is 7.35. The lowest BCUT2D eigenvalue weighted by molar-refractivity contribution is 0.0655. The van der Waals surface area contributed by atoms with Gasteiger partial charge in [-0.3, -0.25) is 9.80 Å². The SMILES string of the molecule is Cc1nc(OC2CC2)ncc1N1C[C@]2(CC[C@@](c3cccc(F)c3)(N(C)C)CC2)NC1=O. The van der Waals surface area contributed by atoms with Crippen molar-refractivity contribution in [3.05, 3.63) is 47.5 Å². The molecule has 1 saturated heterocycles. The predicted octanol–water partition coefficient (Wildman–Crippen LogP) is 3.76. The van der Waals surface area contributed by atoms with Crippen LogP contribution in [0.5, 0.6) is 6.01 Å². The van der Waals surface area contributed by atoms with E-state index in [-0.39, 0.29) is 29.0 Å². The van der Waals surface area contributed by atoms with Crippen LogP contribution in [0, 0.1) is 12.7 Å². The molecule has 1 N–H and O–H groups in total. The molecule has 7 nitrogen and oxygen atoms in total. The largest absolute Gasteiger partial charge is 0.460 e. The maximum atomic E-state index is 14.0. The first-order valence-corrected chi connectivity index (χ1v) is 11.3. The third-order valence-electron chi connectivity index (χ3n) is 7.35. The molecule has 0 radical (unpaired) electrons. The van der Waals surface area contributed by atoms with Gasteiger partial charge in [-0.1, -0.05) is 12.1 Å². The first-order chi connectivity index (χ1) is 15.3. The molecular formula is C24H30FN5O2. The number of nitrogens with one attached hydrogen (secondary N) is 1. The van der Waals surface area contributed by atoms with E-state index >= 15 is 0 Å². The van der Waals surface area contributed by atoms with Crippen molar-refractivity contribution in [1.82, 2.24) is 20.2 Å². The standard InChI is InChI=1S/C24H30FN5O2/c1-16-20(14-26-21(27-16)32-19-7-8-19)30-15-23(28-22(30)31)9-11-24(12-10-23,29(2)3)17-5-4-6-18(25)13-17/h4-6,13-14,19H,7-12,15H2,1-3H3,(H,28,31)/t23-,24-. The Labute approximate surface area is 188 Å². The summed E-state index contributed by atoms with van der Waals surface area (Å²) in [7, 11) is 4.10. The molecule has 1 aliphatic heterocycles. The topological polar surface area (TPSA) is 70.6 Å². The van der Waals surface area contributed by atoms with E-state index in [0.717, 1.165) is 55.5 Å². The second-order valence-corrected chi connectivity index (χ2v) is 9.67. The Morgan fingerprint density at radius 2 is 1.97 bits per heavy atom. The summed E-state index contributed by atoms with van der Waals surface area (Å²) < 4.78 is 19.7. The number of benzene rings is 1. The number of anilines is 1. The Morgan fingerprint density at radius 3 is 2.59 bits per heavy atom. The molecule has 2 amide bonds. The van der Waals surface area contributed by atoms with Crippen molar-refractivity contribution in [3.8, 4) is 6.01 Å². The van der Waals surface area contributed by atoms with Gasteiger partial charge >= 0.3 is 12.0 Å². The molecular weight excluding hydrogens is 409 g/mol. The Balaban J connectivity index is 1.34. The Hall–Kier alpha value is -2.74. The highest BCUT2D eigenvalue weighted by atomic mass is 19.1. The van der Waals surface area contributed by atoms with Gasteiger partial charge < -0.3 is 10.1 Å². The first-order valence-electron chi connectivity index (χ1n) is 11.3. The number of rotatable bonds is 5. The quantitative estimate of drug-likeness (QED) is 0.768. The highest BCUT2D eigenvalue weighted by molar-refractivity contribution is 5.95. The molecule has 170 valence electrons. The van der Waals surface area contributed by atoms with Gasteiger partial charge in [0.2, 0.25) is 0 Å². The van der Waals surface area contributed by atoms with Crippen LogP contribution in [0.4, 0.5) is 14.9 Å². The van der Waals surface area contributed by atoms with Crippen molar-refractivity contribution in [1.29, 1.82) is 0 Å². The summed E-state index contributed by atoms with van der Waals surface area (Å²) >= 11 is 0. The Morgan fingerprint density at radius 1 is 1.22 bits per heavy atom. The zero-order valence-corrected chi connectivity index (χ0v) is 18.9. The number of hydrogen-bond donors (Lipinski definition) is 1. The summed E-state index contributed by atoms with van der Waals surface area (Å²) in [6, 6.07) is 7.18. The molecule has 3 aliphatic rings. The Kier molecular flexibility index (Phi) is 5.08. The molecule has 32 heavy (non-hydrogen) atoms. The second kappa shape index (κ2) is 7.69. The number of nitrogens with zero attached hydrogens (tertiary/aromatic N) is 4. The molecule has 5 rings (SSSR count). The molecule has 8 heteroatoms. The van der Waals surface area contributed by atoms with E-state index < -0.39 is 0 Å². The fourth-order valence-electron chi connectivity index (χ4n) is 5.20. The zero-order chi connectivity index (χ0) is 22.5. The number of aromatic nitrogens is 2. The van der Waals surface area contributed by atoms with Crippen molar-refractivity contribution >= 4 is 11.7 Å². The molecule has 2 heterocycles. The lowest BCUT2D eigenvalue weighted by Gasteiger charge is -2.48. The maximum Gasteiger partial charge on any atom is 0.322 e. The number of urea groups is 1. The van der Waals surface area contributed by atoms with Crippen LogP contribution in [0.1, 0.15) is 49.8 Å². The molecule has 2 aliphatic carbocycles. The lowest BCUT2D eigenvalue weighted by Crippen LogP contribution is -2.54. The minimum absolute atomic E-state index is 0.115. The van der Waals surface area contributed by atoms with E-state index in [1.165, 1.54) is 6.07 Å². The third kappa shape index (κ3) is 3.70. The number of amides is 2. The zero-order valence-electron chi connectivity index (χ0n) is 18.9. The fraction of sp³-hybridized carbons (Fsp3) is 0.542. The van der Waals surface area contributed by atoms with Crippen molar-refractivity contribution < 1.29 is 13.9 Å². The van der Waals surface area contributed by atoms with Gasteiger partial charge in [0, 0.05) is 5.54 Å². The van der Waals surface area contributed by atoms with Crippen LogP contribution in [0.25, 0.3) is 0 Å². The highest BCUT2D eigenvalue weighted by Gasteiger charge is 2.50. The van der Waals surface area contributed by atoms with Gasteiger partial charge in [0.05, 0.1) is 29.7 Å². The monoisotopic (exact) mass is 439 g/mol. The van der Waals surface area contributed by atoms with Gasteiger partial charge in [0.25, 0.3) is 0 Å². The number of carbonyl (C=O) groups excluding carboxylic acids is 1. The van der Waals surface area contributed by atoms with Crippen LogP contribution in [0.3, 0.4) is 0 Å². The normalized spacial score (nSPS) is 27.8. The van der Waals surface area contributed by atoms with Crippen molar-refractivity contribution in [3.63, 3.8) is 0 Å². The van der Waals surface area contributed by atoms with Gasteiger partial charge in [-0.15, -0.1) is 0 Å². The highest BCUT2D eigenvalue weighted by Crippen LogP contribution is 2.46. The first kappa shape index (κ1) is 21.1. The van der Waals surface area contributed by atoms with Crippen LogP contribution in [-0.2, 0) is 5.54 Å². The molecule has 2 saturated carbocycles. The van der Waals surface area contributed by atoms with Crippen LogP contribution in [0.15, 0.2) is 30.5 Å². The summed E-state index contributed by atoms with van der Waals surface area (Å²) in [5, 5.41) is 3.25. The van der Waals surface area contributed by atoms with E-state index in [2.05, 4.69) is 20.2 Å². The molecule has 3 fully saturated rings. The molecule has 2 aromatic rings. The van der Waals surface area contributed by atoms with E-state index in [0.29, 0.717) is 12.6 Å². The van der Waals surface area contributed by atoms with E-state index in [4.69, 9.17) is 4.74 Å². The van der Waals surface area contributed by atoms with E-state index in [1.54, 1.807) is 23.2 Å². The fourth-order valence-corrected chi connectivity index (χ4v) is 5.20. The van der Waals surface area contributed by atoms with Crippen molar-refractivity contribution in [2.75, 3.05) is 25.5 Å². The van der Waals surface area contributed by atoms with Crippen LogP contribution < -0.4 is 15.0 Å². The van der Waals surface area contributed by atoms with Gasteiger partial charge in [0.15, 0.2) is 0 Å². The number of hydrogen-bond acceptors (Lipinski definition) is 5. The maximum absolute atomic E-state index is 14.0. The van der Waals surface area contributed by atoms with Gasteiger partial charge in [-0.25, -0.2) is 14.2 Å². The molecule has 1 spiro atoms. The summed E-state index contributed by atoms with van der Waals surface area (Å²) in [5.74, 6) is -0.214. The molecule has 1 aromatic heterocycles. The molecule has 1 aromatic carbocycles. The predicted molar refractivity (Wildman–Crippen MR) is 119 cm³/mol. The number of aryl methyl sites for hydroxylation is 1. The lowest BCUT2D eigenvalue weighted by atomic mass is 9.69. The van der Waals surface area contributed by atoms with Crippen LogP contribution in [-0.4, -0.2) is 53.2 Å². The summed E-state index contributed by atoms with van der Waals surface area (Å²) in [6.45, 7) is 2.46. The summed E-state index contributed by atoms with van der Waals surface area (Å²) in [6.07, 6.45) is 7.31. The molecule has 0 unspecified atom stereocenters. The van der Waals surface area contributed by atoms with Crippen molar-refractivity contribution in [2.24, 2.45) is 0 Å². The number of ether oxygens (including phenoxy) is 1. The summed E-state index contributed by atoms with van der Waals surface area (Å²) in [4.78, 5) is 25.7. The van der Waals surface area contributed by atoms with Crippen LogP contribution >= 0.6 is 0 Å². The van der Waals surface area contributed by atoms with Crippen LogP contribution in [0.2, 0.25) is 0 Å². The average molecular weight is 440 g/mol. The summed E-state index contributed by atoms with van der Waals surface area (Å²) in [5.41, 5.74) is 1.90. The van der Waals surface area contributed by atoms with E-state index in [9.17, 15) is 9.18 Å². The average Bonchev–Trinajstić information content (AvgIpc) is 3.51. The minimum Gasteiger partial charge on any atom is -0.460 e. The minimum atomic E-state index is -0.306. The van der Waals surface area contributed by atoms with Gasteiger partial charge in [-0.2, -0.15) is 4.98 Å². The number of carbonyl (C=O) groups is 1. The van der Waals surface area contributed by atoms with Gasteiger partial charge in [-0.05, 0) is 77.2 Å². The molecule has 0 atom stereocenters. The van der Waals surface area contributed by atoms with Crippen molar-refractivity contribution in [2.45, 2.75) is 62.6 Å². The van der Waals surface area contributed by atoms with Gasteiger partial charge in [0.1, 0.15) is 11.9 Å². The second-order valence-electron chi connectivity index (χ2n) is 9.67. The number of halogens is 1. The Bertz CT molecular complexity index is 1030. The smallest absolute Gasteiger partial charge is 0.322 e. The molecule has 0 bridgehead atoms. The van der Waals surface area contributed by atoms with E-state index in [1.807, 2.05) is 27.1 Å².